The number of nitrogens with one attached hydrogen (secondary N) is 1. The summed E-state index contributed by atoms with van der Waals surface area (Å²) in [7, 11) is 0. The fourth-order valence-electron chi connectivity index (χ4n) is 3.79. The number of aliphatic hydroxyl groups excluding tert-OH is 1. The van der Waals surface area contributed by atoms with Gasteiger partial charge in [-0.25, -0.2) is 14.5 Å². The molecule has 3 heterocycles. The molecule has 0 spiro atoms. The second-order valence-electron chi connectivity index (χ2n) is 9.27. The first-order valence-corrected chi connectivity index (χ1v) is 11.0. The van der Waals surface area contributed by atoms with E-state index >= 15 is 0 Å². The Bertz CT molecular complexity index is 1200. The van der Waals surface area contributed by atoms with Crippen LogP contribution in [0.3, 0.4) is 0 Å². The summed E-state index contributed by atoms with van der Waals surface area (Å²) in [4.78, 5) is 18.7. The first-order chi connectivity index (χ1) is 16.4. The highest BCUT2D eigenvalue weighted by molar-refractivity contribution is 5.84. The number of fused-ring (bicyclic) bond motifs is 1. The fraction of sp³-hybridized carbons (Fsp3) is 0.435. The van der Waals surface area contributed by atoms with E-state index in [-0.39, 0.29) is 18.4 Å². The fourth-order valence-corrected chi connectivity index (χ4v) is 3.79. The van der Waals surface area contributed by atoms with Crippen LogP contribution >= 0.6 is 0 Å². The number of aliphatic hydroxyl groups is 1. The number of aromatic nitrogens is 3. The largest absolute Gasteiger partial charge is 0.573 e. The lowest BCUT2D eigenvalue weighted by atomic mass is 10.1. The summed E-state index contributed by atoms with van der Waals surface area (Å²) < 4.78 is 48.3. The molecule has 0 atom stereocenters. The first kappa shape index (κ1) is 24.7. The number of hydrogen-bond donors (Lipinski definition) is 2. The van der Waals surface area contributed by atoms with Gasteiger partial charge in [0.25, 0.3) is 0 Å². The maximum Gasteiger partial charge on any atom is 0.573 e. The van der Waals surface area contributed by atoms with Gasteiger partial charge < -0.3 is 19.9 Å². The highest BCUT2D eigenvalue weighted by Gasteiger charge is 2.31. The van der Waals surface area contributed by atoms with Crippen molar-refractivity contribution in [3.8, 4) is 11.4 Å². The van der Waals surface area contributed by atoms with Crippen molar-refractivity contribution in [3.63, 3.8) is 0 Å². The van der Waals surface area contributed by atoms with E-state index < -0.39 is 18.1 Å². The highest BCUT2D eigenvalue weighted by Crippen LogP contribution is 2.28. The quantitative estimate of drug-likeness (QED) is 0.542. The number of carbonyl (C=O) groups is 1. The van der Waals surface area contributed by atoms with E-state index in [1.165, 1.54) is 28.9 Å². The van der Waals surface area contributed by atoms with Crippen molar-refractivity contribution >= 4 is 17.1 Å². The number of pyridine rings is 1. The average Bonchev–Trinajstić information content (AvgIpc) is 3.09. The zero-order valence-electron chi connectivity index (χ0n) is 19.5. The molecule has 0 aliphatic carbocycles. The van der Waals surface area contributed by atoms with Gasteiger partial charge >= 0.3 is 12.5 Å². The van der Waals surface area contributed by atoms with Crippen LogP contribution in [0.1, 0.15) is 32.0 Å². The number of carbonyl (C=O) groups excluding carboxylic acids is 1. The number of ether oxygens (including phenoxy) is 2. The second-order valence-corrected chi connectivity index (χ2v) is 9.27. The molecule has 0 radical (unpaired) electrons. The number of alkyl carbamates (subject to hydrolysis) is 1. The van der Waals surface area contributed by atoms with Crippen LogP contribution in [-0.4, -0.2) is 62.0 Å². The van der Waals surface area contributed by atoms with Crippen molar-refractivity contribution in [2.24, 2.45) is 0 Å². The van der Waals surface area contributed by atoms with E-state index in [1.54, 1.807) is 27.0 Å². The lowest BCUT2D eigenvalue weighted by molar-refractivity contribution is -0.274. The van der Waals surface area contributed by atoms with E-state index in [9.17, 15) is 23.1 Å². The number of amides is 1. The van der Waals surface area contributed by atoms with Crippen LogP contribution in [0.4, 0.5) is 18.0 Å². The number of hydrogen-bond acceptors (Lipinski definition) is 7. The summed E-state index contributed by atoms with van der Waals surface area (Å²) >= 11 is 0. The molecular weight excluding hydrogens is 467 g/mol. The third-order valence-corrected chi connectivity index (χ3v) is 5.17. The zero-order valence-corrected chi connectivity index (χ0v) is 19.5. The SMILES string of the molecule is CC(C)(C)OC(=O)NCc1nn(-c2ccc(OC(F)(F)F)cc2)c2nccc(CN3CC(O)C3)c12. The number of rotatable bonds is 6. The maximum atomic E-state index is 12.5. The van der Waals surface area contributed by atoms with Crippen LogP contribution < -0.4 is 10.1 Å². The summed E-state index contributed by atoms with van der Waals surface area (Å²) in [5.74, 6) is -0.352. The molecule has 1 saturated heterocycles. The summed E-state index contributed by atoms with van der Waals surface area (Å²) in [5.41, 5.74) is 1.69. The molecular formula is C23H26F3N5O4. The van der Waals surface area contributed by atoms with Crippen LogP contribution in [0.25, 0.3) is 16.7 Å². The Balaban J connectivity index is 1.67. The van der Waals surface area contributed by atoms with Gasteiger partial charge in [0.2, 0.25) is 0 Å². The molecule has 1 aliphatic heterocycles. The summed E-state index contributed by atoms with van der Waals surface area (Å²) in [6.07, 6.45) is -4.13. The van der Waals surface area contributed by atoms with Crippen molar-refractivity contribution in [1.29, 1.82) is 0 Å². The number of nitrogens with zero attached hydrogens (tertiary/aromatic N) is 4. The Morgan fingerprint density at radius 3 is 2.46 bits per heavy atom. The molecule has 1 aliphatic rings. The lowest BCUT2D eigenvalue weighted by Crippen LogP contribution is -2.49. The van der Waals surface area contributed by atoms with Gasteiger partial charge in [-0.2, -0.15) is 5.10 Å². The van der Waals surface area contributed by atoms with Crippen LogP contribution in [-0.2, 0) is 17.8 Å². The van der Waals surface area contributed by atoms with Gasteiger partial charge in [0.05, 0.1) is 24.0 Å². The second kappa shape index (κ2) is 9.34. The third-order valence-electron chi connectivity index (χ3n) is 5.17. The van der Waals surface area contributed by atoms with Gasteiger partial charge in [0.1, 0.15) is 11.4 Å². The van der Waals surface area contributed by atoms with E-state index in [0.717, 1.165) is 5.56 Å². The minimum absolute atomic E-state index is 0.0506. The molecule has 35 heavy (non-hydrogen) atoms. The predicted octanol–water partition coefficient (Wildman–Crippen LogP) is 3.52. The Morgan fingerprint density at radius 1 is 1.17 bits per heavy atom. The molecule has 188 valence electrons. The lowest BCUT2D eigenvalue weighted by Gasteiger charge is -2.35. The van der Waals surface area contributed by atoms with Crippen LogP contribution in [0.15, 0.2) is 36.5 Å². The van der Waals surface area contributed by atoms with Crippen molar-refractivity contribution in [1.82, 2.24) is 25.0 Å². The minimum Gasteiger partial charge on any atom is -0.444 e. The van der Waals surface area contributed by atoms with Gasteiger partial charge in [0.15, 0.2) is 5.65 Å². The van der Waals surface area contributed by atoms with E-state index in [0.29, 0.717) is 42.0 Å². The maximum absolute atomic E-state index is 12.5. The Labute approximate surface area is 199 Å². The molecule has 1 fully saturated rings. The monoisotopic (exact) mass is 493 g/mol. The molecule has 12 heteroatoms. The van der Waals surface area contributed by atoms with E-state index in [2.05, 4.69) is 25.0 Å². The zero-order chi connectivity index (χ0) is 25.4. The highest BCUT2D eigenvalue weighted by atomic mass is 19.4. The molecule has 9 nitrogen and oxygen atoms in total. The Morgan fingerprint density at radius 2 is 1.86 bits per heavy atom. The van der Waals surface area contributed by atoms with Gasteiger partial charge in [-0.15, -0.1) is 13.2 Å². The molecule has 2 N–H and O–H groups in total. The van der Waals surface area contributed by atoms with E-state index in [4.69, 9.17) is 4.74 Å². The average molecular weight is 493 g/mol. The van der Waals surface area contributed by atoms with Gasteiger partial charge in [0, 0.05) is 31.2 Å². The molecule has 0 unspecified atom stereocenters. The number of β-amino-alcohol motifs (C(OH)–C–C–N with tert-alkyl or cyclic N) is 1. The molecule has 1 amide bonds. The number of benzene rings is 1. The molecule has 0 bridgehead atoms. The molecule has 1 aromatic carbocycles. The topological polar surface area (TPSA) is 102 Å². The standard InChI is InChI=1S/C23H26F3N5O4/c1-22(2,3)35-21(33)28-10-18-19-14(11-30-12-16(32)13-30)8-9-27-20(19)31(29-18)15-4-6-17(7-5-15)34-23(24,25)26/h4-9,16,32H,10-13H2,1-3H3,(H,28,33). The van der Waals surface area contributed by atoms with Crippen molar-refractivity contribution in [3.05, 3.63) is 47.8 Å². The summed E-state index contributed by atoms with van der Waals surface area (Å²) in [6, 6.07) is 7.12. The number of halogens is 3. The number of alkyl halides is 3. The predicted molar refractivity (Wildman–Crippen MR) is 120 cm³/mol. The minimum atomic E-state index is -4.79. The van der Waals surface area contributed by atoms with Crippen LogP contribution in [0.2, 0.25) is 0 Å². The van der Waals surface area contributed by atoms with E-state index in [1.807, 2.05) is 6.07 Å². The van der Waals surface area contributed by atoms with Gasteiger partial charge in [-0.1, -0.05) is 0 Å². The summed E-state index contributed by atoms with van der Waals surface area (Å²) in [6.45, 7) is 6.95. The molecule has 3 aromatic rings. The van der Waals surface area contributed by atoms with Gasteiger partial charge in [-0.05, 0) is 56.7 Å². The first-order valence-electron chi connectivity index (χ1n) is 11.0. The smallest absolute Gasteiger partial charge is 0.444 e. The normalized spacial score (nSPS) is 15.2. The molecule has 0 saturated carbocycles. The Kier molecular flexibility index (Phi) is 6.60. The summed E-state index contributed by atoms with van der Waals surface area (Å²) in [5, 5.41) is 17.7. The van der Waals surface area contributed by atoms with Gasteiger partial charge in [-0.3, -0.25) is 4.90 Å². The van der Waals surface area contributed by atoms with Crippen molar-refractivity contribution in [2.75, 3.05) is 13.1 Å². The Hall–Kier alpha value is -3.38. The van der Waals surface area contributed by atoms with Crippen LogP contribution in [0.5, 0.6) is 5.75 Å². The third kappa shape index (κ3) is 6.20. The number of likely N-dealkylation sites (tertiary alicyclic amines) is 1. The molecule has 4 rings (SSSR count). The van der Waals surface area contributed by atoms with Crippen molar-refractivity contribution in [2.45, 2.75) is 51.9 Å². The molecule has 2 aromatic heterocycles. The van der Waals surface area contributed by atoms with Crippen molar-refractivity contribution < 1.29 is 32.5 Å². The van der Waals surface area contributed by atoms with Crippen LogP contribution in [0, 0.1) is 0 Å².